The monoisotopic (exact) mass is 469 g/mol. The van der Waals surface area contributed by atoms with Crippen LogP contribution < -0.4 is 5.32 Å². The molecular weight excluding hydrogens is 442 g/mol. The summed E-state index contributed by atoms with van der Waals surface area (Å²) in [5, 5.41) is 2.74. The van der Waals surface area contributed by atoms with Gasteiger partial charge in [-0.1, -0.05) is 36.2 Å². The van der Waals surface area contributed by atoms with E-state index in [0.717, 1.165) is 29.7 Å². The number of benzene rings is 2. The molecular formula is C24H27N3O5S. The molecule has 0 spiro atoms. The summed E-state index contributed by atoms with van der Waals surface area (Å²) in [7, 11) is -3.62. The van der Waals surface area contributed by atoms with Gasteiger partial charge in [0.1, 0.15) is 6.54 Å². The summed E-state index contributed by atoms with van der Waals surface area (Å²) in [5.41, 5.74) is 1.59. The molecule has 0 radical (unpaired) electrons. The predicted molar refractivity (Wildman–Crippen MR) is 122 cm³/mol. The van der Waals surface area contributed by atoms with Crippen LogP contribution in [0, 0.1) is 6.92 Å². The minimum absolute atomic E-state index is 0.218. The second kappa shape index (κ2) is 9.44. The van der Waals surface area contributed by atoms with Gasteiger partial charge in [0.05, 0.1) is 16.0 Å². The second-order valence-electron chi connectivity index (χ2n) is 8.46. The van der Waals surface area contributed by atoms with Crippen molar-refractivity contribution < 1.29 is 22.8 Å². The van der Waals surface area contributed by atoms with E-state index in [-0.39, 0.29) is 24.0 Å². The number of carbonyl (C=O) groups excluding carboxylic acids is 3. The maximum absolute atomic E-state index is 13.2. The van der Waals surface area contributed by atoms with Gasteiger partial charge in [0, 0.05) is 19.1 Å². The number of carbonyl (C=O) groups is 3. The van der Waals surface area contributed by atoms with Crippen LogP contribution in [0.1, 0.15) is 52.0 Å². The number of rotatable bonds is 7. The van der Waals surface area contributed by atoms with Gasteiger partial charge in [-0.05, 0) is 50.5 Å². The molecule has 9 heteroatoms. The molecule has 2 aliphatic heterocycles. The summed E-state index contributed by atoms with van der Waals surface area (Å²) in [5.74, 6) is -1.41. The number of nitrogens with zero attached hydrogens (tertiary/aromatic N) is 2. The normalized spacial score (nSPS) is 18.9. The molecule has 1 fully saturated rings. The number of piperidine rings is 1. The Morgan fingerprint density at radius 3 is 2.27 bits per heavy atom. The van der Waals surface area contributed by atoms with Gasteiger partial charge in [-0.25, -0.2) is 8.42 Å². The minimum atomic E-state index is -3.62. The van der Waals surface area contributed by atoms with Gasteiger partial charge >= 0.3 is 0 Å². The van der Waals surface area contributed by atoms with E-state index in [9.17, 15) is 22.8 Å². The first-order chi connectivity index (χ1) is 15.8. The topological polar surface area (TPSA) is 104 Å². The molecule has 2 aromatic rings. The Bertz CT molecular complexity index is 1140. The number of nitrogens with one attached hydrogen (secondary N) is 1. The van der Waals surface area contributed by atoms with Crippen LogP contribution in [0.15, 0.2) is 53.4 Å². The second-order valence-corrected chi connectivity index (χ2v) is 10.3. The quantitative estimate of drug-likeness (QED) is 0.627. The zero-order valence-electron chi connectivity index (χ0n) is 18.5. The fraction of sp³-hybridized carbons (Fsp3) is 0.375. The van der Waals surface area contributed by atoms with Crippen LogP contribution in [-0.2, 0) is 14.8 Å². The first-order valence-corrected chi connectivity index (χ1v) is 12.5. The summed E-state index contributed by atoms with van der Waals surface area (Å²) in [6.07, 6.45) is 2.90. The molecule has 0 aromatic heterocycles. The molecule has 1 unspecified atom stereocenters. The van der Waals surface area contributed by atoms with Crippen LogP contribution in [0.4, 0.5) is 0 Å². The number of imide groups is 1. The lowest BCUT2D eigenvalue weighted by Gasteiger charge is -2.34. The van der Waals surface area contributed by atoms with Crippen molar-refractivity contribution in [3.8, 4) is 0 Å². The van der Waals surface area contributed by atoms with Crippen LogP contribution >= 0.6 is 0 Å². The third-order valence-corrected chi connectivity index (χ3v) is 8.15. The Morgan fingerprint density at radius 1 is 1.00 bits per heavy atom. The largest absolute Gasteiger partial charge is 0.354 e. The van der Waals surface area contributed by atoms with Gasteiger partial charge in [0.25, 0.3) is 11.8 Å². The van der Waals surface area contributed by atoms with Crippen LogP contribution in [0.5, 0.6) is 0 Å². The average Bonchev–Trinajstić information content (AvgIpc) is 3.05. The Balaban J connectivity index is 1.34. The summed E-state index contributed by atoms with van der Waals surface area (Å²) in [6, 6.07) is 13.1. The zero-order chi connectivity index (χ0) is 23.6. The smallest absolute Gasteiger partial charge is 0.262 e. The van der Waals surface area contributed by atoms with Gasteiger partial charge in [0.15, 0.2) is 0 Å². The molecule has 1 atom stereocenters. The van der Waals surface area contributed by atoms with E-state index in [1.807, 2.05) is 6.92 Å². The highest BCUT2D eigenvalue weighted by molar-refractivity contribution is 7.89. The first kappa shape index (κ1) is 23.1. The molecule has 8 nitrogen and oxygen atoms in total. The third kappa shape index (κ3) is 4.69. The predicted octanol–water partition coefficient (Wildman–Crippen LogP) is 2.34. The maximum Gasteiger partial charge on any atom is 0.262 e. The summed E-state index contributed by atoms with van der Waals surface area (Å²) < 4.78 is 27.9. The van der Waals surface area contributed by atoms with E-state index in [4.69, 9.17) is 0 Å². The van der Waals surface area contributed by atoms with Crippen LogP contribution in [0.3, 0.4) is 0 Å². The van der Waals surface area contributed by atoms with E-state index in [1.165, 1.54) is 4.31 Å². The van der Waals surface area contributed by atoms with Crippen molar-refractivity contribution >= 4 is 27.7 Å². The van der Waals surface area contributed by atoms with E-state index in [2.05, 4.69) is 5.32 Å². The molecule has 2 aliphatic rings. The number of hydrogen-bond donors (Lipinski definition) is 1. The standard InChI is InChI=1S/C24H27N3O5S/c1-17-9-11-19(12-10-17)33(31,32)27-15-5-4-6-18(27)13-14-25-22(28)16-26-23(29)20-7-2-3-8-21(20)24(26)30/h2-3,7-12,18H,4-6,13-16H2,1H3,(H,25,28). The van der Waals surface area contributed by atoms with Gasteiger partial charge in [-0.3, -0.25) is 19.3 Å². The molecule has 0 saturated carbocycles. The Morgan fingerprint density at radius 2 is 1.64 bits per heavy atom. The molecule has 4 rings (SSSR count). The van der Waals surface area contributed by atoms with E-state index in [1.54, 1.807) is 48.5 Å². The molecule has 3 amide bonds. The van der Waals surface area contributed by atoms with Gasteiger partial charge in [-0.15, -0.1) is 0 Å². The van der Waals surface area contributed by atoms with Crippen molar-refractivity contribution in [1.82, 2.24) is 14.5 Å². The molecule has 174 valence electrons. The van der Waals surface area contributed by atoms with Crippen LogP contribution in [-0.4, -0.2) is 61.0 Å². The Labute approximate surface area is 193 Å². The Hall–Kier alpha value is -3.04. The minimum Gasteiger partial charge on any atom is -0.354 e. The number of fused-ring (bicyclic) bond motifs is 1. The highest BCUT2D eigenvalue weighted by Crippen LogP contribution is 2.27. The van der Waals surface area contributed by atoms with Crippen molar-refractivity contribution in [2.45, 2.75) is 43.5 Å². The highest BCUT2D eigenvalue weighted by atomic mass is 32.2. The van der Waals surface area contributed by atoms with Gasteiger partial charge in [0.2, 0.25) is 15.9 Å². The number of sulfonamides is 1. The van der Waals surface area contributed by atoms with Crippen molar-refractivity contribution in [3.63, 3.8) is 0 Å². The van der Waals surface area contributed by atoms with E-state index in [0.29, 0.717) is 24.1 Å². The van der Waals surface area contributed by atoms with Crippen molar-refractivity contribution in [2.75, 3.05) is 19.6 Å². The first-order valence-electron chi connectivity index (χ1n) is 11.1. The lowest BCUT2D eigenvalue weighted by molar-refractivity contribution is -0.121. The number of aryl methyl sites for hydroxylation is 1. The molecule has 2 heterocycles. The van der Waals surface area contributed by atoms with E-state index >= 15 is 0 Å². The lowest BCUT2D eigenvalue weighted by atomic mass is 10.0. The average molecular weight is 470 g/mol. The van der Waals surface area contributed by atoms with Crippen LogP contribution in [0.2, 0.25) is 0 Å². The summed E-state index contributed by atoms with van der Waals surface area (Å²) in [6.45, 7) is 2.25. The van der Waals surface area contributed by atoms with Crippen molar-refractivity contribution in [1.29, 1.82) is 0 Å². The Kier molecular flexibility index (Phi) is 6.62. The highest BCUT2D eigenvalue weighted by Gasteiger charge is 2.36. The van der Waals surface area contributed by atoms with Crippen molar-refractivity contribution in [3.05, 3.63) is 65.2 Å². The fourth-order valence-electron chi connectivity index (χ4n) is 4.39. The molecule has 1 saturated heterocycles. The zero-order valence-corrected chi connectivity index (χ0v) is 19.3. The molecule has 1 N–H and O–H groups in total. The summed E-state index contributed by atoms with van der Waals surface area (Å²) >= 11 is 0. The van der Waals surface area contributed by atoms with Gasteiger partial charge < -0.3 is 5.32 Å². The maximum atomic E-state index is 13.2. The lowest BCUT2D eigenvalue weighted by Crippen LogP contribution is -2.46. The van der Waals surface area contributed by atoms with Crippen LogP contribution in [0.25, 0.3) is 0 Å². The van der Waals surface area contributed by atoms with Gasteiger partial charge in [-0.2, -0.15) is 4.31 Å². The fourth-order valence-corrected chi connectivity index (χ4v) is 6.11. The SMILES string of the molecule is Cc1ccc(S(=O)(=O)N2CCCCC2CCNC(=O)CN2C(=O)c3ccccc3C2=O)cc1. The van der Waals surface area contributed by atoms with Crippen molar-refractivity contribution in [2.24, 2.45) is 0 Å². The molecule has 0 aliphatic carbocycles. The van der Waals surface area contributed by atoms with E-state index < -0.39 is 27.7 Å². The third-order valence-electron chi connectivity index (χ3n) is 6.18. The molecule has 0 bridgehead atoms. The molecule has 33 heavy (non-hydrogen) atoms. The number of hydrogen-bond acceptors (Lipinski definition) is 5. The number of amides is 3. The molecule has 2 aromatic carbocycles. The summed E-state index contributed by atoms with van der Waals surface area (Å²) in [4.78, 5) is 38.5.